The van der Waals surface area contributed by atoms with Crippen molar-refractivity contribution in [2.45, 2.75) is 6.42 Å². The molecular weight excluding hydrogens is 280 g/mol. The second-order valence-electron chi connectivity index (χ2n) is 5.00. The van der Waals surface area contributed by atoms with Crippen molar-refractivity contribution in [2.75, 3.05) is 18.4 Å². The smallest absolute Gasteiger partial charge is 0.280 e. The van der Waals surface area contributed by atoms with Crippen molar-refractivity contribution >= 4 is 33.2 Å². The van der Waals surface area contributed by atoms with Gasteiger partial charge in [-0.15, -0.1) is 0 Å². The molecule has 0 aliphatic heterocycles. The Morgan fingerprint density at radius 1 is 1.14 bits per heavy atom. The van der Waals surface area contributed by atoms with Crippen molar-refractivity contribution < 1.29 is 4.92 Å². The highest BCUT2D eigenvalue weighted by Gasteiger charge is 2.18. The van der Waals surface area contributed by atoms with Crippen molar-refractivity contribution in [1.82, 2.24) is 4.98 Å². The van der Waals surface area contributed by atoms with Gasteiger partial charge in [0.05, 0.1) is 21.6 Å². The summed E-state index contributed by atoms with van der Waals surface area (Å²) in [6.45, 7) is 1.22. The van der Waals surface area contributed by atoms with E-state index in [2.05, 4.69) is 10.3 Å². The van der Waals surface area contributed by atoms with E-state index in [1.807, 2.05) is 24.3 Å². The van der Waals surface area contributed by atoms with Crippen molar-refractivity contribution in [3.63, 3.8) is 0 Å². The highest BCUT2D eigenvalue weighted by molar-refractivity contribution is 6.11. The Kier molecular flexibility index (Phi) is 3.84. The summed E-state index contributed by atoms with van der Waals surface area (Å²) in [5.41, 5.74) is 7.77. The van der Waals surface area contributed by atoms with Crippen molar-refractivity contribution in [1.29, 1.82) is 0 Å². The molecule has 0 radical (unpaired) electrons. The molecule has 0 unspecified atom stereocenters. The lowest BCUT2D eigenvalue weighted by Crippen LogP contribution is -2.09. The SMILES string of the molecule is NCCCNc1c2ccccc2nc2cccc([N+](=O)[O-])c12. The zero-order chi connectivity index (χ0) is 15.5. The number of hydrogen-bond donors (Lipinski definition) is 2. The summed E-state index contributed by atoms with van der Waals surface area (Å²) in [6, 6.07) is 12.6. The minimum atomic E-state index is -0.368. The molecule has 0 atom stereocenters. The van der Waals surface area contributed by atoms with E-state index in [-0.39, 0.29) is 10.6 Å². The summed E-state index contributed by atoms with van der Waals surface area (Å²) < 4.78 is 0. The minimum absolute atomic E-state index is 0.0611. The first-order chi connectivity index (χ1) is 10.7. The Balaban J connectivity index is 2.33. The van der Waals surface area contributed by atoms with E-state index in [1.165, 1.54) is 6.07 Å². The molecule has 1 aromatic heterocycles. The lowest BCUT2D eigenvalue weighted by Gasteiger charge is -2.13. The summed E-state index contributed by atoms with van der Waals surface area (Å²) in [6.07, 6.45) is 0.790. The van der Waals surface area contributed by atoms with Crippen LogP contribution in [0.3, 0.4) is 0 Å². The first-order valence-electron chi connectivity index (χ1n) is 7.12. The Hall–Kier alpha value is -2.73. The van der Waals surface area contributed by atoms with E-state index < -0.39 is 0 Å². The molecule has 22 heavy (non-hydrogen) atoms. The third-order valence-electron chi connectivity index (χ3n) is 3.56. The highest BCUT2D eigenvalue weighted by Crippen LogP contribution is 2.36. The van der Waals surface area contributed by atoms with Gasteiger partial charge < -0.3 is 11.1 Å². The minimum Gasteiger partial charge on any atom is -0.384 e. The maximum absolute atomic E-state index is 11.4. The molecule has 3 aromatic rings. The number of nitro groups is 1. The molecule has 0 saturated carbocycles. The molecule has 112 valence electrons. The number of fused-ring (bicyclic) bond motifs is 2. The second-order valence-corrected chi connectivity index (χ2v) is 5.00. The number of nitrogens with two attached hydrogens (primary N) is 1. The van der Waals surface area contributed by atoms with Gasteiger partial charge >= 0.3 is 0 Å². The zero-order valence-electron chi connectivity index (χ0n) is 12.0. The van der Waals surface area contributed by atoms with Crippen LogP contribution in [0.2, 0.25) is 0 Å². The number of non-ortho nitro benzene ring substituents is 1. The molecule has 0 fully saturated rings. The van der Waals surface area contributed by atoms with Gasteiger partial charge in [0.2, 0.25) is 0 Å². The molecule has 6 nitrogen and oxygen atoms in total. The highest BCUT2D eigenvalue weighted by atomic mass is 16.6. The van der Waals surface area contributed by atoms with Crippen LogP contribution in [0.5, 0.6) is 0 Å². The van der Waals surface area contributed by atoms with E-state index in [1.54, 1.807) is 12.1 Å². The molecule has 2 aromatic carbocycles. The number of benzene rings is 2. The number of anilines is 1. The Bertz CT molecular complexity index is 848. The van der Waals surface area contributed by atoms with Gasteiger partial charge in [-0.05, 0) is 25.1 Å². The first-order valence-corrected chi connectivity index (χ1v) is 7.12. The largest absolute Gasteiger partial charge is 0.384 e. The van der Waals surface area contributed by atoms with Gasteiger partial charge in [-0.2, -0.15) is 0 Å². The molecule has 0 aliphatic rings. The number of para-hydroxylation sites is 1. The Labute approximate surface area is 127 Å². The molecule has 0 saturated heterocycles. The van der Waals surface area contributed by atoms with Gasteiger partial charge in [-0.3, -0.25) is 10.1 Å². The molecule has 1 heterocycles. The van der Waals surface area contributed by atoms with E-state index in [0.717, 1.165) is 23.0 Å². The molecule has 3 rings (SSSR count). The van der Waals surface area contributed by atoms with Crippen LogP contribution in [0.1, 0.15) is 6.42 Å². The van der Waals surface area contributed by atoms with Crippen LogP contribution >= 0.6 is 0 Å². The average molecular weight is 296 g/mol. The maximum atomic E-state index is 11.4. The van der Waals surface area contributed by atoms with Crippen LogP contribution in [0, 0.1) is 10.1 Å². The molecule has 0 amide bonds. The summed E-state index contributed by atoms with van der Waals surface area (Å²) in [4.78, 5) is 15.5. The quantitative estimate of drug-likeness (QED) is 0.326. The third kappa shape index (κ3) is 2.44. The van der Waals surface area contributed by atoms with Gasteiger partial charge in [0.15, 0.2) is 0 Å². The van der Waals surface area contributed by atoms with Gasteiger partial charge in [-0.1, -0.05) is 24.3 Å². The number of nitrogens with zero attached hydrogens (tertiary/aromatic N) is 2. The second kappa shape index (κ2) is 5.95. The first kappa shape index (κ1) is 14.2. The van der Waals surface area contributed by atoms with E-state index >= 15 is 0 Å². The van der Waals surface area contributed by atoms with Crippen LogP contribution in [0.25, 0.3) is 21.8 Å². The fourth-order valence-electron chi connectivity index (χ4n) is 2.58. The van der Waals surface area contributed by atoms with Gasteiger partial charge in [0.25, 0.3) is 5.69 Å². The number of hydrogen-bond acceptors (Lipinski definition) is 5. The van der Waals surface area contributed by atoms with Crippen LogP contribution in [-0.4, -0.2) is 23.0 Å². The number of aromatic nitrogens is 1. The van der Waals surface area contributed by atoms with E-state index in [0.29, 0.717) is 24.0 Å². The molecule has 6 heteroatoms. The number of rotatable bonds is 5. The predicted octanol–water partition coefficient (Wildman–Crippen LogP) is 3.06. The monoisotopic (exact) mass is 296 g/mol. The zero-order valence-corrected chi connectivity index (χ0v) is 12.0. The number of pyridine rings is 1. The maximum Gasteiger partial charge on any atom is 0.280 e. The van der Waals surface area contributed by atoms with Gasteiger partial charge in [0, 0.05) is 18.0 Å². The predicted molar refractivity (Wildman–Crippen MR) is 88.1 cm³/mol. The summed E-state index contributed by atoms with van der Waals surface area (Å²) in [5.74, 6) is 0. The van der Waals surface area contributed by atoms with Gasteiger partial charge in [0.1, 0.15) is 5.39 Å². The van der Waals surface area contributed by atoms with Crippen molar-refractivity contribution in [3.05, 3.63) is 52.6 Å². The standard InChI is InChI=1S/C16H16N4O2/c17-9-4-10-18-16-11-5-1-2-6-12(11)19-13-7-3-8-14(15(13)16)20(21)22/h1-3,5-8H,4,9-10,17H2,(H,18,19). The molecule has 3 N–H and O–H groups in total. The Morgan fingerprint density at radius 3 is 2.68 bits per heavy atom. The molecule has 0 aliphatic carbocycles. The van der Waals surface area contributed by atoms with Crippen molar-refractivity contribution in [3.8, 4) is 0 Å². The topological polar surface area (TPSA) is 94.1 Å². The summed E-state index contributed by atoms with van der Waals surface area (Å²) in [5, 5.41) is 16.1. The Morgan fingerprint density at radius 2 is 1.91 bits per heavy atom. The van der Waals surface area contributed by atoms with Crippen LogP contribution in [0.15, 0.2) is 42.5 Å². The van der Waals surface area contributed by atoms with Crippen LogP contribution < -0.4 is 11.1 Å². The van der Waals surface area contributed by atoms with Crippen molar-refractivity contribution in [2.24, 2.45) is 5.73 Å². The fraction of sp³-hybridized carbons (Fsp3) is 0.188. The summed E-state index contributed by atoms with van der Waals surface area (Å²) >= 11 is 0. The summed E-state index contributed by atoms with van der Waals surface area (Å²) in [7, 11) is 0. The van der Waals surface area contributed by atoms with E-state index in [9.17, 15) is 10.1 Å². The van der Waals surface area contributed by atoms with Gasteiger partial charge in [-0.25, -0.2) is 4.98 Å². The third-order valence-corrected chi connectivity index (χ3v) is 3.56. The lowest BCUT2D eigenvalue weighted by atomic mass is 10.1. The average Bonchev–Trinajstić information content (AvgIpc) is 2.53. The number of nitrogens with one attached hydrogen (secondary N) is 1. The van der Waals surface area contributed by atoms with Crippen LogP contribution in [0.4, 0.5) is 11.4 Å². The van der Waals surface area contributed by atoms with Crippen LogP contribution in [-0.2, 0) is 0 Å². The molecule has 0 spiro atoms. The number of nitro benzene ring substituents is 1. The fourth-order valence-corrected chi connectivity index (χ4v) is 2.58. The molecular formula is C16H16N4O2. The molecule has 0 bridgehead atoms. The normalized spacial score (nSPS) is 11.0. The van der Waals surface area contributed by atoms with E-state index in [4.69, 9.17) is 5.73 Å². The lowest BCUT2D eigenvalue weighted by molar-refractivity contribution is -0.383.